The van der Waals surface area contributed by atoms with Crippen LogP contribution in [0, 0.1) is 18.2 Å². The van der Waals surface area contributed by atoms with Crippen LogP contribution in [0.15, 0.2) is 18.2 Å². The molecule has 0 bridgehead atoms. The van der Waals surface area contributed by atoms with Crippen molar-refractivity contribution in [1.29, 1.82) is 0 Å². The van der Waals surface area contributed by atoms with Crippen LogP contribution >= 0.6 is 0 Å². The average Bonchev–Trinajstić information content (AvgIpc) is 2.04. The first-order chi connectivity index (χ1) is 6.15. The second-order valence-electron chi connectivity index (χ2n) is 3.38. The van der Waals surface area contributed by atoms with Crippen LogP contribution in [0.1, 0.15) is 30.9 Å². The van der Waals surface area contributed by atoms with Gasteiger partial charge in [-0.3, -0.25) is 0 Å². The number of benzene rings is 1. The van der Waals surface area contributed by atoms with Gasteiger partial charge < -0.3 is 0 Å². The van der Waals surface area contributed by atoms with E-state index in [-0.39, 0.29) is 5.82 Å². The van der Waals surface area contributed by atoms with Gasteiger partial charge in [0.1, 0.15) is 5.82 Å². The predicted molar refractivity (Wildman–Crippen MR) is 53.0 cm³/mol. The minimum atomic E-state index is -0.213. The molecule has 0 saturated carbocycles. The zero-order valence-corrected chi connectivity index (χ0v) is 7.97. The molecule has 0 unspecified atom stereocenters. The Hall–Kier alpha value is -1.29. The van der Waals surface area contributed by atoms with Crippen molar-refractivity contribution in [3.8, 4) is 12.3 Å². The monoisotopic (exact) mass is 176 g/mol. The molecule has 0 aliphatic heterocycles. The van der Waals surface area contributed by atoms with Crippen LogP contribution in [0.2, 0.25) is 0 Å². The van der Waals surface area contributed by atoms with Crippen LogP contribution in [0.3, 0.4) is 0 Å². The summed E-state index contributed by atoms with van der Waals surface area (Å²) >= 11 is 0. The molecule has 0 atom stereocenters. The number of hydrogen-bond acceptors (Lipinski definition) is 0. The fourth-order valence-corrected chi connectivity index (χ4v) is 1.40. The van der Waals surface area contributed by atoms with Gasteiger partial charge in [-0.05, 0) is 29.2 Å². The summed E-state index contributed by atoms with van der Waals surface area (Å²) < 4.78 is 12.9. The van der Waals surface area contributed by atoms with Gasteiger partial charge >= 0.3 is 0 Å². The zero-order chi connectivity index (χ0) is 9.84. The normalized spacial score (nSPS) is 10.1. The van der Waals surface area contributed by atoms with Crippen molar-refractivity contribution in [2.75, 3.05) is 0 Å². The highest BCUT2D eigenvalue weighted by molar-refractivity contribution is 5.32. The summed E-state index contributed by atoms with van der Waals surface area (Å²) in [7, 11) is 0. The SMILES string of the molecule is C#CCc1cc(F)ccc1C(C)C. The van der Waals surface area contributed by atoms with Gasteiger partial charge in [0.15, 0.2) is 0 Å². The van der Waals surface area contributed by atoms with E-state index in [1.165, 1.54) is 12.1 Å². The molecule has 0 spiro atoms. The Bertz CT molecular complexity index is 331. The minimum Gasteiger partial charge on any atom is -0.207 e. The molecular formula is C12H13F. The van der Waals surface area contributed by atoms with Crippen LogP contribution in [0.5, 0.6) is 0 Å². The molecule has 68 valence electrons. The van der Waals surface area contributed by atoms with Gasteiger partial charge in [-0.1, -0.05) is 19.9 Å². The Labute approximate surface area is 78.8 Å². The topological polar surface area (TPSA) is 0 Å². The molecule has 1 aromatic carbocycles. The molecular weight excluding hydrogens is 163 g/mol. The molecule has 0 aliphatic carbocycles. The molecule has 0 radical (unpaired) electrons. The molecule has 0 saturated heterocycles. The van der Waals surface area contributed by atoms with Gasteiger partial charge in [0.25, 0.3) is 0 Å². The molecule has 1 aromatic rings. The van der Waals surface area contributed by atoms with Crippen molar-refractivity contribution in [3.63, 3.8) is 0 Å². The third kappa shape index (κ3) is 2.32. The molecule has 13 heavy (non-hydrogen) atoms. The van der Waals surface area contributed by atoms with Gasteiger partial charge in [0.2, 0.25) is 0 Å². The number of terminal acetylenes is 1. The van der Waals surface area contributed by atoms with Gasteiger partial charge in [-0.2, -0.15) is 0 Å². The third-order valence-electron chi connectivity index (χ3n) is 2.02. The Morgan fingerprint density at radius 3 is 2.69 bits per heavy atom. The van der Waals surface area contributed by atoms with Crippen molar-refractivity contribution in [3.05, 3.63) is 35.1 Å². The smallest absolute Gasteiger partial charge is 0.123 e. The second-order valence-corrected chi connectivity index (χ2v) is 3.38. The van der Waals surface area contributed by atoms with E-state index in [2.05, 4.69) is 19.8 Å². The molecule has 0 nitrogen and oxygen atoms in total. The van der Waals surface area contributed by atoms with Gasteiger partial charge in [-0.25, -0.2) is 4.39 Å². The van der Waals surface area contributed by atoms with Crippen LogP contribution in [0.4, 0.5) is 4.39 Å². The van der Waals surface area contributed by atoms with Crippen LogP contribution < -0.4 is 0 Å². The minimum absolute atomic E-state index is 0.213. The quantitative estimate of drug-likeness (QED) is 0.607. The van der Waals surface area contributed by atoms with Crippen molar-refractivity contribution in [2.45, 2.75) is 26.2 Å². The van der Waals surface area contributed by atoms with E-state index in [0.717, 1.165) is 11.1 Å². The lowest BCUT2D eigenvalue weighted by molar-refractivity contribution is 0.624. The highest BCUT2D eigenvalue weighted by Gasteiger charge is 2.06. The highest BCUT2D eigenvalue weighted by atomic mass is 19.1. The van der Waals surface area contributed by atoms with Crippen molar-refractivity contribution < 1.29 is 4.39 Å². The fraction of sp³-hybridized carbons (Fsp3) is 0.333. The van der Waals surface area contributed by atoms with E-state index in [1.807, 2.05) is 6.07 Å². The maximum absolute atomic E-state index is 12.9. The van der Waals surface area contributed by atoms with Gasteiger partial charge in [0.05, 0.1) is 0 Å². The first kappa shape index (κ1) is 9.80. The largest absolute Gasteiger partial charge is 0.207 e. The standard InChI is InChI=1S/C12H13F/c1-4-5-10-8-11(13)6-7-12(10)9(2)3/h1,6-9H,5H2,2-3H3. The zero-order valence-electron chi connectivity index (χ0n) is 7.97. The average molecular weight is 176 g/mol. The molecule has 1 rings (SSSR count). The van der Waals surface area contributed by atoms with Crippen LogP contribution in [-0.4, -0.2) is 0 Å². The number of halogens is 1. The Morgan fingerprint density at radius 1 is 1.46 bits per heavy atom. The highest BCUT2D eigenvalue weighted by Crippen LogP contribution is 2.20. The number of rotatable bonds is 2. The molecule has 0 fully saturated rings. The maximum atomic E-state index is 12.9. The summed E-state index contributed by atoms with van der Waals surface area (Å²) in [5.41, 5.74) is 2.07. The van der Waals surface area contributed by atoms with Crippen molar-refractivity contribution >= 4 is 0 Å². The first-order valence-electron chi connectivity index (χ1n) is 4.37. The van der Waals surface area contributed by atoms with Gasteiger partial charge in [-0.15, -0.1) is 12.3 Å². The van der Waals surface area contributed by atoms with Crippen molar-refractivity contribution in [2.24, 2.45) is 0 Å². The molecule has 1 heteroatoms. The summed E-state index contributed by atoms with van der Waals surface area (Å²) in [5, 5.41) is 0. The van der Waals surface area contributed by atoms with Crippen LogP contribution in [-0.2, 0) is 6.42 Å². The molecule has 0 heterocycles. The van der Waals surface area contributed by atoms with E-state index >= 15 is 0 Å². The Morgan fingerprint density at radius 2 is 2.15 bits per heavy atom. The summed E-state index contributed by atoms with van der Waals surface area (Å²) in [6.45, 7) is 4.15. The Kier molecular flexibility index (Phi) is 3.08. The lowest BCUT2D eigenvalue weighted by Gasteiger charge is -2.10. The Balaban J connectivity index is 3.12. The van der Waals surface area contributed by atoms with E-state index in [9.17, 15) is 4.39 Å². The fourth-order valence-electron chi connectivity index (χ4n) is 1.40. The molecule has 0 aromatic heterocycles. The van der Waals surface area contributed by atoms with Gasteiger partial charge in [0, 0.05) is 6.42 Å². The summed E-state index contributed by atoms with van der Waals surface area (Å²) in [5.74, 6) is 2.72. The second kappa shape index (κ2) is 4.09. The van der Waals surface area contributed by atoms with E-state index < -0.39 is 0 Å². The summed E-state index contributed by atoms with van der Waals surface area (Å²) in [4.78, 5) is 0. The molecule has 0 N–H and O–H groups in total. The maximum Gasteiger partial charge on any atom is 0.123 e. The van der Waals surface area contributed by atoms with E-state index in [4.69, 9.17) is 6.42 Å². The number of hydrogen-bond donors (Lipinski definition) is 0. The lowest BCUT2D eigenvalue weighted by Crippen LogP contribution is -1.96. The lowest BCUT2D eigenvalue weighted by atomic mass is 9.95. The van der Waals surface area contributed by atoms with E-state index in [0.29, 0.717) is 12.3 Å². The first-order valence-corrected chi connectivity index (χ1v) is 4.37. The predicted octanol–water partition coefficient (Wildman–Crippen LogP) is 3.12. The van der Waals surface area contributed by atoms with E-state index in [1.54, 1.807) is 0 Å². The summed E-state index contributed by atoms with van der Waals surface area (Å²) in [6.07, 6.45) is 5.71. The van der Waals surface area contributed by atoms with Crippen LogP contribution in [0.25, 0.3) is 0 Å². The van der Waals surface area contributed by atoms with Crippen molar-refractivity contribution in [1.82, 2.24) is 0 Å². The molecule has 0 amide bonds. The summed E-state index contributed by atoms with van der Waals surface area (Å²) in [6, 6.07) is 4.82. The molecule has 0 aliphatic rings. The third-order valence-corrected chi connectivity index (χ3v) is 2.02.